The predicted molar refractivity (Wildman–Crippen MR) is 88.4 cm³/mol. The fourth-order valence-corrected chi connectivity index (χ4v) is 3.09. The van der Waals surface area contributed by atoms with Crippen LogP contribution in [-0.4, -0.2) is 19.1 Å². The summed E-state index contributed by atoms with van der Waals surface area (Å²) in [6, 6.07) is 8.21. The van der Waals surface area contributed by atoms with Crippen molar-refractivity contribution in [3.8, 4) is 0 Å². The third-order valence-electron chi connectivity index (χ3n) is 4.56. The summed E-state index contributed by atoms with van der Waals surface area (Å²) < 4.78 is 0. The molecule has 0 aromatic heterocycles. The standard InChI is InChI=1S/C18H30N2/c1-14(2)19-13-16-10-11-18(12-15(16)3)20(4)17-8-6-5-7-9-17/h10-12,14,17,19H,5-9,13H2,1-4H3. The molecule has 1 aliphatic carbocycles. The van der Waals surface area contributed by atoms with Gasteiger partial charge in [-0.3, -0.25) is 0 Å². The monoisotopic (exact) mass is 274 g/mol. The first kappa shape index (κ1) is 15.4. The molecule has 2 nitrogen and oxygen atoms in total. The number of aryl methyl sites for hydroxylation is 1. The number of rotatable bonds is 5. The molecule has 2 heteroatoms. The maximum absolute atomic E-state index is 3.50. The van der Waals surface area contributed by atoms with Crippen molar-refractivity contribution in [1.82, 2.24) is 5.32 Å². The maximum atomic E-state index is 3.50. The Labute approximate surface area is 124 Å². The van der Waals surface area contributed by atoms with Crippen LogP contribution in [0.1, 0.15) is 57.1 Å². The summed E-state index contributed by atoms with van der Waals surface area (Å²) in [6.45, 7) is 7.59. The summed E-state index contributed by atoms with van der Waals surface area (Å²) in [5.74, 6) is 0. The minimum absolute atomic E-state index is 0.541. The van der Waals surface area contributed by atoms with Crippen molar-refractivity contribution in [1.29, 1.82) is 0 Å². The number of nitrogens with one attached hydrogen (secondary N) is 1. The number of anilines is 1. The molecule has 0 heterocycles. The lowest BCUT2D eigenvalue weighted by Gasteiger charge is -2.33. The van der Waals surface area contributed by atoms with Gasteiger partial charge in [0.2, 0.25) is 0 Å². The van der Waals surface area contributed by atoms with Gasteiger partial charge in [0.15, 0.2) is 0 Å². The van der Waals surface area contributed by atoms with Gasteiger partial charge in [-0.1, -0.05) is 39.2 Å². The molecular formula is C18H30N2. The molecule has 112 valence electrons. The van der Waals surface area contributed by atoms with Gasteiger partial charge in [-0.15, -0.1) is 0 Å². The summed E-state index contributed by atoms with van der Waals surface area (Å²) in [5.41, 5.74) is 4.19. The fraction of sp³-hybridized carbons (Fsp3) is 0.667. The van der Waals surface area contributed by atoms with Crippen molar-refractivity contribution in [3.63, 3.8) is 0 Å². The van der Waals surface area contributed by atoms with E-state index in [-0.39, 0.29) is 0 Å². The largest absolute Gasteiger partial charge is 0.372 e. The zero-order valence-electron chi connectivity index (χ0n) is 13.6. The Kier molecular flexibility index (Phi) is 5.47. The molecule has 0 atom stereocenters. The molecule has 1 aromatic rings. The first-order valence-electron chi connectivity index (χ1n) is 8.13. The second-order valence-corrected chi connectivity index (χ2v) is 6.55. The second-order valence-electron chi connectivity index (χ2n) is 6.55. The molecule has 0 unspecified atom stereocenters. The third-order valence-corrected chi connectivity index (χ3v) is 4.56. The Bertz CT molecular complexity index is 419. The van der Waals surface area contributed by atoms with Crippen LogP contribution in [0, 0.1) is 6.92 Å². The molecule has 20 heavy (non-hydrogen) atoms. The van der Waals surface area contributed by atoms with Crippen LogP contribution < -0.4 is 10.2 Å². The van der Waals surface area contributed by atoms with Crippen molar-refractivity contribution < 1.29 is 0 Å². The van der Waals surface area contributed by atoms with Gasteiger partial charge in [-0.2, -0.15) is 0 Å². The molecule has 0 radical (unpaired) electrons. The molecule has 1 N–H and O–H groups in total. The Morgan fingerprint density at radius 1 is 1.20 bits per heavy atom. The van der Waals surface area contributed by atoms with E-state index >= 15 is 0 Å². The number of hydrogen-bond acceptors (Lipinski definition) is 2. The molecule has 0 spiro atoms. The van der Waals surface area contributed by atoms with Gasteiger partial charge < -0.3 is 10.2 Å². The van der Waals surface area contributed by atoms with E-state index in [0.717, 1.165) is 12.6 Å². The van der Waals surface area contributed by atoms with Gasteiger partial charge in [0, 0.05) is 31.4 Å². The molecule has 0 aliphatic heterocycles. The summed E-state index contributed by atoms with van der Waals surface area (Å²) >= 11 is 0. The average Bonchev–Trinajstić information content (AvgIpc) is 2.46. The lowest BCUT2D eigenvalue weighted by atomic mass is 9.94. The highest BCUT2D eigenvalue weighted by atomic mass is 15.1. The van der Waals surface area contributed by atoms with Crippen molar-refractivity contribution >= 4 is 5.69 Å². The first-order valence-corrected chi connectivity index (χ1v) is 8.13. The van der Waals surface area contributed by atoms with Gasteiger partial charge in [-0.25, -0.2) is 0 Å². The van der Waals surface area contributed by atoms with E-state index in [9.17, 15) is 0 Å². The average molecular weight is 274 g/mol. The van der Waals surface area contributed by atoms with Crippen LogP contribution in [0.4, 0.5) is 5.69 Å². The Balaban J connectivity index is 2.03. The molecule has 1 fully saturated rings. The Morgan fingerprint density at radius 3 is 2.50 bits per heavy atom. The highest BCUT2D eigenvalue weighted by Gasteiger charge is 2.18. The van der Waals surface area contributed by atoms with Gasteiger partial charge in [-0.05, 0) is 43.0 Å². The maximum Gasteiger partial charge on any atom is 0.0368 e. The minimum Gasteiger partial charge on any atom is -0.372 e. The van der Waals surface area contributed by atoms with E-state index in [1.165, 1.54) is 48.9 Å². The van der Waals surface area contributed by atoms with E-state index in [2.05, 4.69) is 56.2 Å². The predicted octanol–water partition coefficient (Wildman–Crippen LogP) is 4.26. The topological polar surface area (TPSA) is 15.3 Å². The van der Waals surface area contributed by atoms with Crippen molar-refractivity contribution in [2.24, 2.45) is 0 Å². The summed E-state index contributed by atoms with van der Waals surface area (Å²) in [7, 11) is 2.26. The number of nitrogens with zero attached hydrogens (tertiary/aromatic N) is 1. The van der Waals surface area contributed by atoms with E-state index in [4.69, 9.17) is 0 Å². The zero-order valence-corrected chi connectivity index (χ0v) is 13.6. The van der Waals surface area contributed by atoms with Gasteiger partial charge in [0.1, 0.15) is 0 Å². The molecule has 0 bridgehead atoms. The second kappa shape index (κ2) is 7.12. The van der Waals surface area contributed by atoms with Crippen LogP contribution >= 0.6 is 0 Å². The molecule has 1 aromatic carbocycles. The van der Waals surface area contributed by atoms with E-state index < -0.39 is 0 Å². The summed E-state index contributed by atoms with van der Waals surface area (Å²) in [5, 5.41) is 3.50. The van der Waals surface area contributed by atoms with Crippen molar-refractivity contribution in [2.45, 2.75) is 71.5 Å². The van der Waals surface area contributed by atoms with Crippen LogP contribution in [0.25, 0.3) is 0 Å². The van der Waals surface area contributed by atoms with Crippen LogP contribution in [0.3, 0.4) is 0 Å². The molecule has 2 rings (SSSR count). The molecule has 1 saturated carbocycles. The lowest BCUT2D eigenvalue weighted by Crippen LogP contribution is -2.33. The van der Waals surface area contributed by atoms with Crippen molar-refractivity contribution in [3.05, 3.63) is 29.3 Å². The highest BCUT2D eigenvalue weighted by molar-refractivity contribution is 5.51. The van der Waals surface area contributed by atoms with Gasteiger partial charge >= 0.3 is 0 Å². The van der Waals surface area contributed by atoms with Crippen LogP contribution in [-0.2, 0) is 6.54 Å². The summed E-state index contributed by atoms with van der Waals surface area (Å²) in [4.78, 5) is 2.49. The lowest BCUT2D eigenvalue weighted by molar-refractivity contribution is 0.427. The number of benzene rings is 1. The van der Waals surface area contributed by atoms with Crippen LogP contribution in [0.5, 0.6) is 0 Å². The van der Waals surface area contributed by atoms with E-state index in [1.807, 2.05) is 0 Å². The zero-order chi connectivity index (χ0) is 14.5. The number of hydrogen-bond donors (Lipinski definition) is 1. The van der Waals surface area contributed by atoms with Gasteiger partial charge in [0.05, 0.1) is 0 Å². The smallest absolute Gasteiger partial charge is 0.0368 e. The van der Waals surface area contributed by atoms with E-state index in [1.54, 1.807) is 0 Å². The fourth-order valence-electron chi connectivity index (χ4n) is 3.09. The molecular weight excluding hydrogens is 244 g/mol. The minimum atomic E-state index is 0.541. The Hall–Kier alpha value is -1.02. The molecule has 0 saturated heterocycles. The van der Waals surface area contributed by atoms with Crippen LogP contribution in [0.2, 0.25) is 0 Å². The van der Waals surface area contributed by atoms with Crippen molar-refractivity contribution in [2.75, 3.05) is 11.9 Å². The summed E-state index contributed by atoms with van der Waals surface area (Å²) in [6.07, 6.45) is 6.91. The van der Waals surface area contributed by atoms with Gasteiger partial charge in [0.25, 0.3) is 0 Å². The SMILES string of the molecule is Cc1cc(N(C)C2CCCCC2)ccc1CNC(C)C. The normalized spacial score (nSPS) is 16.6. The first-order chi connectivity index (χ1) is 9.58. The quantitative estimate of drug-likeness (QED) is 0.863. The Morgan fingerprint density at radius 2 is 1.90 bits per heavy atom. The molecule has 0 amide bonds. The third kappa shape index (κ3) is 3.99. The highest BCUT2D eigenvalue weighted by Crippen LogP contribution is 2.27. The van der Waals surface area contributed by atoms with Crippen LogP contribution in [0.15, 0.2) is 18.2 Å². The molecule has 1 aliphatic rings. The van der Waals surface area contributed by atoms with E-state index in [0.29, 0.717) is 6.04 Å².